The Labute approximate surface area is 148 Å². The first kappa shape index (κ1) is 15.8. The summed E-state index contributed by atoms with van der Waals surface area (Å²) in [4.78, 5) is 4.05. The van der Waals surface area contributed by atoms with E-state index in [1.807, 2.05) is 0 Å². The highest BCUT2D eigenvalue weighted by atomic mass is 32.1. The third kappa shape index (κ3) is 3.13. The van der Waals surface area contributed by atoms with Crippen molar-refractivity contribution in [1.82, 2.24) is 14.3 Å². The predicted molar refractivity (Wildman–Crippen MR) is 98.1 cm³/mol. The summed E-state index contributed by atoms with van der Waals surface area (Å²) in [6, 6.07) is 10.7. The van der Waals surface area contributed by atoms with Crippen LogP contribution in [0.4, 0.5) is 5.69 Å². The summed E-state index contributed by atoms with van der Waals surface area (Å²) >= 11 is 5.67. The lowest BCUT2D eigenvalue weighted by atomic mass is 10.2. The zero-order chi connectivity index (χ0) is 16.5. The second kappa shape index (κ2) is 6.69. The Bertz CT molecular complexity index is 739. The van der Waals surface area contributed by atoms with Crippen molar-refractivity contribution in [1.29, 1.82) is 0 Å². The molecule has 0 bridgehead atoms. The first-order valence-electron chi connectivity index (χ1n) is 9.07. The van der Waals surface area contributed by atoms with E-state index in [-0.39, 0.29) is 0 Å². The van der Waals surface area contributed by atoms with E-state index in [0.717, 1.165) is 44.2 Å². The minimum absolute atomic E-state index is 0.651. The van der Waals surface area contributed by atoms with Gasteiger partial charge >= 0.3 is 0 Å². The monoisotopic (exact) mass is 344 g/mol. The van der Waals surface area contributed by atoms with Crippen LogP contribution < -0.4 is 9.80 Å². The number of anilines is 1. The van der Waals surface area contributed by atoms with Gasteiger partial charge in [-0.3, -0.25) is 0 Å². The molecule has 1 aromatic heterocycles. The van der Waals surface area contributed by atoms with Crippen LogP contribution in [-0.4, -0.2) is 40.5 Å². The molecule has 1 aliphatic carbocycles. The Morgan fingerprint density at radius 2 is 1.88 bits per heavy atom. The number of para-hydroxylation sites is 1. The average Bonchev–Trinajstić information content (AvgIpc) is 3.42. The Balaban J connectivity index is 1.41. The molecule has 2 aliphatic rings. The van der Waals surface area contributed by atoms with E-state index in [1.54, 1.807) is 4.90 Å². The van der Waals surface area contributed by atoms with Gasteiger partial charge in [0, 0.05) is 18.2 Å². The summed E-state index contributed by atoms with van der Waals surface area (Å²) in [6.07, 6.45) is 2.54. The Morgan fingerprint density at radius 1 is 1.17 bits per heavy atom. The van der Waals surface area contributed by atoms with Gasteiger partial charge in [-0.05, 0) is 44.1 Å². The van der Waals surface area contributed by atoms with E-state index in [4.69, 9.17) is 17.3 Å². The molecule has 0 radical (unpaired) electrons. The van der Waals surface area contributed by atoms with Gasteiger partial charge in [0.15, 0.2) is 6.67 Å². The quantitative estimate of drug-likeness (QED) is 0.837. The minimum Gasteiger partial charge on any atom is -0.360 e. The van der Waals surface area contributed by atoms with Gasteiger partial charge in [-0.2, -0.15) is 9.78 Å². The second-order valence-electron chi connectivity index (χ2n) is 6.89. The van der Waals surface area contributed by atoms with E-state index in [9.17, 15) is 0 Å². The van der Waals surface area contributed by atoms with Gasteiger partial charge in [-0.15, -0.1) is 0 Å². The molecule has 6 heteroatoms. The van der Waals surface area contributed by atoms with E-state index in [0.29, 0.717) is 5.92 Å². The van der Waals surface area contributed by atoms with Crippen molar-refractivity contribution in [3.05, 3.63) is 40.9 Å². The van der Waals surface area contributed by atoms with Crippen molar-refractivity contribution < 1.29 is 4.90 Å². The molecule has 2 aromatic rings. The number of hydrogen-bond donors (Lipinski definition) is 1. The molecule has 0 unspecified atom stereocenters. The summed E-state index contributed by atoms with van der Waals surface area (Å²) in [7, 11) is 0. The number of quaternary nitrogens is 1. The van der Waals surface area contributed by atoms with E-state index >= 15 is 0 Å². The van der Waals surface area contributed by atoms with Crippen LogP contribution in [0.5, 0.6) is 0 Å². The topological polar surface area (TPSA) is 30.4 Å². The SMILES string of the molecule is CCn1c(C2CC2)nn(C[NH+]2CCN(c3ccccc3)CC2)c1=S. The minimum atomic E-state index is 0.651. The molecule has 0 spiro atoms. The summed E-state index contributed by atoms with van der Waals surface area (Å²) in [6.45, 7) is 8.45. The van der Waals surface area contributed by atoms with Crippen LogP contribution in [0.15, 0.2) is 30.3 Å². The van der Waals surface area contributed by atoms with Crippen LogP contribution in [0.1, 0.15) is 31.5 Å². The highest BCUT2D eigenvalue weighted by molar-refractivity contribution is 7.71. The van der Waals surface area contributed by atoms with Gasteiger partial charge in [0.2, 0.25) is 4.77 Å². The molecular weight excluding hydrogens is 318 g/mol. The lowest BCUT2D eigenvalue weighted by Gasteiger charge is -2.33. The van der Waals surface area contributed by atoms with Gasteiger partial charge in [0.1, 0.15) is 5.82 Å². The second-order valence-corrected chi connectivity index (χ2v) is 7.25. The number of benzene rings is 1. The number of aromatic nitrogens is 3. The van der Waals surface area contributed by atoms with Crippen molar-refractivity contribution >= 4 is 17.9 Å². The fourth-order valence-electron chi connectivity index (χ4n) is 3.59. The molecule has 5 nitrogen and oxygen atoms in total. The highest BCUT2D eigenvalue weighted by Gasteiger charge is 2.30. The number of hydrogen-bond acceptors (Lipinski definition) is 3. The first-order chi connectivity index (χ1) is 11.8. The Kier molecular flexibility index (Phi) is 4.41. The van der Waals surface area contributed by atoms with Crippen LogP contribution in [0.2, 0.25) is 0 Å². The van der Waals surface area contributed by atoms with Crippen molar-refractivity contribution in [2.24, 2.45) is 0 Å². The molecule has 1 N–H and O–H groups in total. The molecule has 24 heavy (non-hydrogen) atoms. The summed E-state index contributed by atoms with van der Waals surface area (Å²) < 4.78 is 5.20. The van der Waals surface area contributed by atoms with E-state index in [2.05, 4.69) is 51.4 Å². The first-order valence-corrected chi connectivity index (χ1v) is 9.48. The van der Waals surface area contributed by atoms with Crippen molar-refractivity contribution in [2.75, 3.05) is 31.1 Å². The van der Waals surface area contributed by atoms with Crippen LogP contribution in [-0.2, 0) is 13.2 Å². The normalized spacial score (nSPS) is 19.0. The lowest BCUT2D eigenvalue weighted by Crippen LogP contribution is -3.14. The Morgan fingerprint density at radius 3 is 2.50 bits per heavy atom. The molecule has 1 saturated carbocycles. The highest BCUT2D eigenvalue weighted by Crippen LogP contribution is 2.39. The van der Waals surface area contributed by atoms with Gasteiger partial charge in [0.25, 0.3) is 0 Å². The molecule has 1 saturated heterocycles. The maximum atomic E-state index is 5.67. The number of rotatable bonds is 5. The molecule has 1 aromatic carbocycles. The predicted octanol–water partition coefficient (Wildman–Crippen LogP) is 1.67. The van der Waals surface area contributed by atoms with Gasteiger partial charge in [-0.1, -0.05) is 18.2 Å². The third-order valence-electron chi connectivity index (χ3n) is 5.18. The lowest BCUT2D eigenvalue weighted by molar-refractivity contribution is -0.924. The average molecular weight is 345 g/mol. The van der Waals surface area contributed by atoms with Gasteiger partial charge < -0.3 is 14.4 Å². The molecular formula is C18H26N5S+. The zero-order valence-corrected chi connectivity index (χ0v) is 15.1. The van der Waals surface area contributed by atoms with Crippen molar-refractivity contribution in [3.63, 3.8) is 0 Å². The molecule has 2 heterocycles. The maximum absolute atomic E-state index is 5.67. The molecule has 2 fully saturated rings. The number of piperazine rings is 1. The smallest absolute Gasteiger partial charge is 0.202 e. The largest absolute Gasteiger partial charge is 0.360 e. The third-order valence-corrected chi connectivity index (χ3v) is 5.61. The Hall–Kier alpha value is -1.66. The van der Waals surface area contributed by atoms with Crippen molar-refractivity contribution in [3.8, 4) is 0 Å². The van der Waals surface area contributed by atoms with E-state index in [1.165, 1.54) is 24.4 Å². The van der Waals surface area contributed by atoms with Crippen LogP contribution in [0.3, 0.4) is 0 Å². The molecule has 1 aliphatic heterocycles. The van der Waals surface area contributed by atoms with Crippen LogP contribution in [0, 0.1) is 4.77 Å². The van der Waals surface area contributed by atoms with Crippen molar-refractivity contribution in [2.45, 2.75) is 38.9 Å². The fraction of sp³-hybridized carbons (Fsp3) is 0.556. The molecule has 0 amide bonds. The van der Waals surface area contributed by atoms with E-state index < -0.39 is 0 Å². The standard InChI is InChI=1S/C18H25N5S/c1-2-22-17(15-8-9-15)19-23(18(22)24)14-20-10-12-21(13-11-20)16-6-4-3-5-7-16/h3-7,15H,2,8-14H2,1H3/p+1. The van der Waals surface area contributed by atoms with Gasteiger partial charge in [0.05, 0.1) is 26.2 Å². The van der Waals surface area contributed by atoms with Crippen LogP contribution >= 0.6 is 12.2 Å². The van der Waals surface area contributed by atoms with Crippen LogP contribution in [0.25, 0.3) is 0 Å². The molecule has 0 atom stereocenters. The molecule has 128 valence electrons. The zero-order valence-electron chi connectivity index (χ0n) is 14.3. The fourth-order valence-corrected chi connectivity index (χ4v) is 3.92. The molecule has 4 rings (SSSR count). The summed E-state index contributed by atoms with van der Waals surface area (Å²) in [5, 5.41) is 4.85. The summed E-state index contributed by atoms with van der Waals surface area (Å²) in [5.74, 6) is 1.86. The number of nitrogens with zero attached hydrogens (tertiary/aromatic N) is 4. The number of nitrogens with one attached hydrogen (secondary N) is 1. The maximum Gasteiger partial charge on any atom is 0.202 e. The van der Waals surface area contributed by atoms with Gasteiger partial charge in [-0.25, -0.2) is 0 Å². The summed E-state index contributed by atoms with van der Waals surface area (Å²) in [5.41, 5.74) is 1.33.